The van der Waals surface area contributed by atoms with Crippen molar-refractivity contribution in [2.24, 2.45) is 5.73 Å². The summed E-state index contributed by atoms with van der Waals surface area (Å²) in [5.74, 6) is -0.894. The van der Waals surface area contributed by atoms with Crippen molar-refractivity contribution in [2.75, 3.05) is 13.6 Å². The number of aliphatic carboxylic acids is 1. The van der Waals surface area contributed by atoms with E-state index in [-0.39, 0.29) is 17.6 Å². The fourth-order valence-corrected chi connectivity index (χ4v) is 2.37. The zero-order chi connectivity index (χ0) is 11.4. The summed E-state index contributed by atoms with van der Waals surface area (Å²) < 4.78 is 0. The van der Waals surface area contributed by atoms with Gasteiger partial charge in [-0.2, -0.15) is 11.3 Å². The van der Waals surface area contributed by atoms with Gasteiger partial charge in [0, 0.05) is 0 Å². The van der Waals surface area contributed by atoms with Gasteiger partial charge in [0.15, 0.2) is 0 Å². The summed E-state index contributed by atoms with van der Waals surface area (Å²) in [4.78, 5) is 12.5. The third kappa shape index (κ3) is 3.26. The number of carbonyl (C=O) groups is 1. The van der Waals surface area contributed by atoms with Crippen molar-refractivity contribution in [2.45, 2.75) is 6.04 Å². The van der Waals surface area contributed by atoms with Gasteiger partial charge in [0.05, 0.1) is 17.6 Å². The minimum atomic E-state index is -0.894. The molecule has 0 aliphatic carbocycles. The van der Waals surface area contributed by atoms with Crippen molar-refractivity contribution < 1.29 is 9.90 Å². The van der Waals surface area contributed by atoms with Gasteiger partial charge in [-0.3, -0.25) is 9.69 Å². The second kappa shape index (κ2) is 5.20. The molecule has 6 heteroatoms. The lowest BCUT2D eigenvalue weighted by Crippen LogP contribution is -2.37. The Labute approximate surface area is 97.3 Å². The van der Waals surface area contributed by atoms with Crippen molar-refractivity contribution in [1.29, 1.82) is 0 Å². The molecular weight excluding hydrogens is 232 g/mol. The molecule has 0 saturated carbocycles. The van der Waals surface area contributed by atoms with E-state index in [4.69, 9.17) is 23.1 Å². The van der Waals surface area contributed by atoms with E-state index in [2.05, 4.69) is 0 Å². The van der Waals surface area contributed by atoms with Gasteiger partial charge in [0.1, 0.15) is 0 Å². The summed E-state index contributed by atoms with van der Waals surface area (Å²) >= 11 is 6.47. The number of hydrogen-bond donors (Lipinski definition) is 2. The topological polar surface area (TPSA) is 66.6 Å². The van der Waals surface area contributed by atoms with Gasteiger partial charge in [-0.1, -0.05) is 12.2 Å². The Kier molecular flexibility index (Phi) is 4.19. The predicted molar refractivity (Wildman–Crippen MR) is 64.1 cm³/mol. The molecule has 1 heterocycles. The van der Waals surface area contributed by atoms with Crippen molar-refractivity contribution in [3.63, 3.8) is 0 Å². The highest BCUT2D eigenvalue weighted by Gasteiger charge is 2.21. The fourth-order valence-electron chi connectivity index (χ4n) is 1.37. The molecule has 0 radical (unpaired) electrons. The number of carboxylic acid groups (broad SMARTS) is 1. The highest BCUT2D eigenvalue weighted by atomic mass is 32.1. The molecular formula is C9H12N2O2S2. The molecule has 1 aromatic rings. The molecule has 4 nitrogen and oxygen atoms in total. The molecule has 0 fully saturated rings. The van der Waals surface area contributed by atoms with Crippen LogP contribution >= 0.6 is 23.6 Å². The molecule has 1 unspecified atom stereocenters. The van der Waals surface area contributed by atoms with E-state index < -0.39 is 5.97 Å². The average Bonchev–Trinajstić information content (AvgIpc) is 2.54. The third-order valence-electron chi connectivity index (χ3n) is 1.95. The van der Waals surface area contributed by atoms with E-state index in [0.29, 0.717) is 0 Å². The number of thiophene rings is 1. The molecule has 0 bridgehead atoms. The number of carboxylic acids is 1. The molecule has 0 spiro atoms. The van der Waals surface area contributed by atoms with Crippen LogP contribution in [0.5, 0.6) is 0 Å². The lowest BCUT2D eigenvalue weighted by molar-refractivity contribution is -0.138. The molecule has 0 aromatic carbocycles. The Bertz CT molecular complexity index is 351. The standard InChI is InChI=1S/C9H12N2O2S2/c1-11(4-7(12)13)8(9(10)14)6-2-3-15-5-6/h2-3,5,8H,4H2,1H3,(H2,10,14)(H,12,13). The lowest BCUT2D eigenvalue weighted by atomic mass is 10.1. The summed E-state index contributed by atoms with van der Waals surface area (Å²) in [7, 11) is 1.69. The van der Waals surface area contributed by atoms with Crippen molar-refractivity contribution in [1.82, 2.24) is 4.90 Å². The molecule has 1 atom stereocenters. The van der Waals surface area contributed by atoms with Crippen LogP contribution in [0.25, 0.3) is 0 Å². The maximum Gasteiger partial charge on any atom is 0.317 e. The lowest BCUT2D eigenvalue weighted by Gasteiger charge is -2.24. The van der Waals surface area contributed by atoms with Crippen LogP contribution in [0.15, 0.2) is 16.8 Å². The first-order chi connectivity index (χ1) is 7.02. The van der Waals surface area contributed by atoms with Crippen LogP contribution in [0.3, 0.4) is 0 Å². The quantitative estimate of drug-likeness (QED) is 0.759. The van der Waals surface area contributed by atoms with Crippen LogP contribution in [-0.4, -0.2) is 34.6 Å². The fraction of sp³-hybridized carbons (Fsp3) is 0.333. The third-order valence-corrected chi connectivity index (χ3v) is 2.88. The van der Waals surface area contributed by atoms with E-state index >= 15 is 0 Å². The Morgan fingerprint density at radius 1 is 1.80 bits per heavy atom. The molecule has 0 aliphatic rings. The van der Waals surface area contributed by atoms with Gasteiger partial charge in [-0.15, -0.1) is 0 Å². The Morgan fingerprint density at radius 3 is 2.87 bits per heavy atom. The van der Waals surface area contributed by atoms with Crippen LogP contribution in [0.2, 0.25) is 0 Å². The zero-order valence-electron chi connectivity index (χ0n) is 8.21. The number of thiocarbonyl (C=S) groups is 1. The molecule has 0 amide bonds. The smallest absolute Gasteiger partial charge is 0.317 e. The first-order valence-corrected chi connectivity index (χ1v) is 5.61. The summed E-state index contributed by atoms with van der Waals surface area (Å²) in [5, 5.41) is 12.5. The normalized spacial score (nSPS) is 12.7. The highest BCUT2D eigenvalue weighted by Crippen LogP contribution is 2.21. The minimum absolute atomic E-state index is 0.0855. The Morgan fingerprint density at radius 2 is 2.47 bits per heavy atom. The van der Waals surface area contributed by atoms with Gasteiger partial charge in [-0.05, 0) is 29.4 Å². The number of nitrogens with two attached hydrogens (primary N) is 1. The van der Waals surface area contributed by atoms with E-state index in [1.807, 2.05) is 16.8 Å². The Balaban J connectivity index is 2.84. The van der Waals surface area contributed by atoms with Crippen LogP contribution in [0, 0.1) is 0 Å². The van der Waals surface area contributed by atoms with Crippen LogP contribution in [0.1, 0.15) is 11.6 Å². The number of likely N-dealkylation sites (N-methyl/N-ethyl adjacent to an activating group) is 1. The Hall–Kier alpha value is -0.980. The van der Waals surface area contributed by atoms with Gasteiger partial charge >= 0.3 is 5.97 Å². The van der Waals surface area contributed by atoms with Crippen molar-refractivity contribution in [3.8, 4) is 0 Å². The van der Waals surface area contributed by atoms with Crippen LogP contribution < -0.4 is 5.73 Å². The van der Waals surface area contributed by atoms with Gasteiger partial charge < -0.3 is 10.8 Å². The monoisotopic (exact) mass is 244 g/mol. The largest absolute Gasteiger partial charge is 0.480 e. The molecule has 3 N–H and O–H groups in total. The highest BCUT2D eigenvalue weighted by molar-refractivity contribution is 7.80. The number of rotatable bonds is 5. The van der Waals surface area contributed by atoms with Gasteiger partial charge in [0.25, 0.3) is 0 Å². The van der Waals surface area contributed by atoms with Crippen molar-refractivity contribution >= 4 is 34.5 Å². The predicted octanol–water partition coefficient (Wildman–Crippen LogP) is 1.09. The average molecular weight is 244 g/mol. The molecule has 1 aromatic heterocycles. The maximum atomic E-state index is 10.6. The van der Waals surface area contributed by atoms with Crippen LogP contribution in [0.4, 0.5) is 0 Å². The van der Waals surface area contributed by atoms with E-state index in [1.165, 1.54) is 11.3 Å². The molecule has 0 saturated heterocycles. The number of hydrogen-bond acceptors (Lipinski definition) is 4. The summed E-state index contributed by atoms with van der Waals surface area (Å²) in [6.07, 6.45) is 0. The zero-order valence-corrected chi connectivity index (χ0v) is 9.85. The van der Waals surface area contributed by atoms with Crippen LogP contribution in [-0.2, 0) is 4.79 Å². The number of nitrogens with zero attached hydrogens (tertiary/aromatic N) is 1. The molecule has 82 valence electrons. The molecule has 0 aliphatic heterocycles. The second-order valence-corrected chi connectivity index (χ2v) is 4.42. The van der Waals surface area contributed by atoms with E-state index in [0.717, 1.165) is 5.56 Å². The van der Waals surface area contributed by atoms with E-state index in [9.17, 15) is 4.79 Å². The van der Waals surface area contributed by atoms with E-state index in [1.54, 1.807) is 11.9 Å². The second-order valence-electron chi connectivity index (χ2n) is 3.17. The minimum Gasteiger partial charge on any atom is -0.480 e. The SMILES string of the molecule is CN(CC(=O)O)C(C(N)=S)c1ccsc1. The molecule has 1 rings (SSSR count). The summed E-state index contributed by atoms with van der Waals surface area (Å²) in [6.45, 7) is -0.0855. The maximum absolute atomic E-state index is 10.6. The summed E-state index contributed by atoms with van der Waals surface area (Å²) in [5.41, 5.74) is 6.55. The first kappa shape index (κ1) is 12.1. The first-order valence-electron chi connectivity index (χ1n) is 4.26. The van der Waals surface area contributed by atoms with Gasteiger partial charge in [-0.25, -0.2) is 0 Å². The van der Waals surface area contributed by atoms with Crippen molar-refractivity contribution in [3.05, 3.63) is 22.4 Å². The molecule has 15 heavy (non-hydrogen) atoms. The van der Waals surface area contributed by atoms with Gasteiger partial charge in [0.2, 0.25) is 0 Å². The summed E-state index contributed by atoms with van der Waals surface area (Å²) in [6, 6.07) is 1.59.